The van der Waals surface area contributed by atoms with Crippen molar-refractivity contribution < 1.29 is 4.42 Å². The quantitative estimate of drug-likeness (QED) is 0.164. The lowest BCUT2D eigenvalue weighted by atomic mass is 9.33. The summed E-state index contributed by atoms with van der Waals surface area (Å²) in [7, 11) is 0. The number of hydrogen-bond acceptors (Lipinski definition) is 4. The van der Waals surface area contributed by atoms with Gasteiger partial charge in [0, 0.05) is 55.7 Å². The third kappa shape index (κ3) is 8.23. The van der Waals surface area contributed by atoms with E-state index < -0.39 is 0 Å². The molecular formula is C78H81BN4O. The summed E-state index contributed by atoms with van der Waals surface area (Å²) in [6.07, 6.45) is 0. The molecule has 5 heterocycles. The molecular weight excluding hydrogens is 1020 g/mol. The van der Waals surface area contributed by atoms with Gasteiger partial charge in [-0.2, -0.15) is 0 Å². The van der Waals surface area contributed by atoms with E-state index in [9.17, 15) is 0 Å². The first-order chi connectivity index (χ1) is 39.4. The Hall–Kier alpha value is -7.96. The summed E-state index contributed by atoms with van der Waals surface area (Å²) < 4.78 is 9.80. The van der Waals surface area contributed by atoms with Crippen molar-refractivity contribution in [1.29, 1.82) is 0 Å². The molecule has 84 heavy (non-hydrogen) atoms. The van der Waals surface area contributed by atoms with Gasteiger partial charge in [0.25, 0.3) is 6.71 Å². The second kappa shape index (κ2) is 17.8. The maximum atomic E-state index is 7.15. The van der Waals surface area contributed by atoms with Gasteiger partial charge in [0.05, 0.1) is 33.8 Å². The Morgan fingerprint density at radius 1 is 0.345 bits per heavy atom. The summed E-state index contributed by atoms with van der Waals surface area (Å²) in [4.78, 5) is 7.77. The van der Waals surface area contributed by atoms with Crippen LogP contribution in [0.1, 0.15) is 158 Å². The van der Waals surface area contributed by atoms with E-state index in [1.54, 1.807) is 0 Å². The van der Waals surface area contributed by atoms with Gasteiger partial charge in [-0.3, -0.25) is 0 Å². The number of fused-ring (bicyclic) bond motifs is 12. The van der Waals surface area contributed by atoms with E-state index in [0.29, 0.717) is 0 Å². The standard InChI is InChI=1S/C78H81BN4O/c1-73(2,3)46-26-31-52(32-27-46)80(53-33-28-47(29-34-53)74(4,5)6)54-35-36-59-63(45-54)81(62-24-21-23-56-55-22-19-20-25-68(55)84-72(56)62)64-41-51(78(16,17)18)42-65-69(64)79(59)60-40-50(77(13,14)15)44-67-71(60)83(65)66-43-49(76(10,11)12)39-58-57-38-48(75(7,8)9)30-37-61(57)82(67)70(58)66/h19-45H,1-18H3. The first-order valence-electron chi connectivity index (χ1n) is 30.6. The number of rotatable bonds is 4. The molecule has 11 aromatic rings. The first-order valence-corrected chi connectivity index (χ1v) is 30.6. The zero-order chi connectivity index (χ0) is 59.3. The van der Waals surface area contributed by atoms with Crippen LogP contribution in [0.5, 0.6) is 0 Å². The SMILES string of the molecule is CC(C)(C)c1ccc(N(c2ccc(C(C)(C)C)cc2)c2ccc3c(c2)N(c2cccc4c2oc2ccccc24)c2cc(C(C)(C)C)cc4c2B3c2cc(C(C)(C)C)cc3c2N4c2cc(C(C)(C)C)cc4c5cc(C(C)(C)C)ccc5n-3c24)cc1. The van der Waals surface area contributed by atoms with Gasteiger partial charge in [0.1, 0.15) is 5.58 Å². The highest BCUT2D eigenvalue weighted by Gasteiger charge is 2.48. The third-order valence-electron chi connectivity index (χ3n) is 18.8. The molecule has 6 heteroatoms. The highest BCUT2D eigenvalue weighted by atomic mass is 16.3. The van der Waals surface area contributed by atoms with Gasteiger partial charge in [0.15, 0.2) is 5.58 Å². The summed E-state index contributed by atoms with van der Waals surface area (Å²) >= 11 is 0. The van der Waals surface area contributed by atoms with Crippen molar-refractivity contribution in [2.75, 3.05) is 14.7 Å². The molecule has 0 N–H and O–H groups in total. The van der Waals surface area contributed by atoms with Crippen LogP contribution in [0, 0.1) is 0 Å². The first kappa shape index (κ1) is 54.0. The van der Waals surface area contributed by atoms with Crippen molar-refractivity contribution in [3.05, 3.63) is 197 Å². The van der Waals surface area contributed by atoms with E-state index in [-0.39, 0.29) is 39.2 Å². The number of nitrogens with zero attached hydrogens (tertiary/aromatic N) is 4. The molecule has 0 atom stereocenters. The molecule has 3 aliphatic rings. The van der Waals surface area contributed by atoms with Crippen molar-refractivity contribution in [1.82, 2.24) is 4.57 Å². The molecule has 5 nitrogen and oxygen atoms in total. The Bertz CT molecular complexity index is 4490. The molecule has 0 spiro atoms. The van der Waals surface area contributed by atoms with Crippen LogP contribution < -0.4 is 31.1 Å². The Morgan fingerprint density at radius 3 is 1.45 bits per heavy atom. The molecule has 422 valence electrons. The minimum Gasteiger partial charge on any atom is -0.454 e. The smallest absolute Gasteiger partial charge is 0.252 e. The molecule has 0 bridgehead atoms. The van der Waals surface area contributed by atoms with E-state index in [1.165, 1.54) is 100 Å². The second-order valence-corrected chi connectivity index (χ2v) is 30.8. The van der Waals surface area contributed by atoms with Crippen molar-refractivity contribution in [3.63, 3.8) is 0 Å². The molecule has 0 amide bonds. The lowest BCUT2D eigenvalue weighted by Crippen LogP contribution is -2.62. The maximum absolute atomic E-state index is 7.15. The van der Waals surface area contributed by atoms with E-state index in [0.717, 1.165) is 50.4 Å². The molecule has 2 aromatic heterocycles. The van der Waals surface area contributed by atoms with Crippen LogP contribution in [0.3, 0.4) is 0 Å². The topological polar surface area (TPSA) is 27.8 Å². The monoisotopic (exact) mass is 1100 g/mol. The van der Waals surface area contributed by atoms with E-state index in [1.807, 2.05) is 0 Å². The second-order valence-electron chi connectivity index (χ2n) is 30.8. The lowest BCUT2D eigenvalue weighted by Gasteiger charge is -2.47. The van der Waals surface area contributed by atoms with Gasteiger partial charge in [-0.1, -0.05) is 197 Å². The average Bonchev–Trinajstić information content (AvgIpc) is 1.15. The summed E-state index contributed by atoms with van der Waals surface area (Å²) in [5.41, 5.74) is 27.1. The summed E-state index contributed by atoms with van der Waals surface area (Å²) in [5.74, 6) is 0. The molecule has 0 saturated carbocycles. The molecule has 0 saturated heterocycles. The van der Waals surface area contributed by atoms with Crippen LogP contribution in [-0.2, 0) is 32.5 Å². The number of anilines is 9. The average molecular weight is 1100 g/mol. The Morgan fingerprint density at radius 2 is 0.845 bits per heavy atom. The fourth-order valence-electron chi connectivity index (χ4n) is 13.8. The molecule has 0 unspecified atom stereocenters. The van der Waals surface area contributed by atoms with E-state index in [4.69, 9.17) is 4.42 Å². The normalized spacial score (nSPS) is 14.2. The van der Waals surface area contributed by atoms with Gasteiger partial charge in [-0.15, -0.1) is 0 Å². The Balaban J connectivity index is 1.13. The van der Waals surface area contributed by atoms with Gasteiger partial charge >= 0.3 is 0 Å². The Labute approximate surface area is 499 Å². The van der Waals surface area contributed by atoms with Gasteiger partial charge in [0.2, 0.25) is 0 Å². The number of hydrogen-bond donors (Lipinski definition) is 0. The van der Waals surface area contributed by atoms with Crippen molar-refractivity contribution in [2.24, 2.45) is 0 Å². The third-order valence-corrected chi connectivity index (χ3v) is 18.8. The van der Waals surface area contributed by atoms with Crippen molar-refractivity contribution >= 4 is 118 Å². The van der Waals surface area contributed by atoms with Crippen LogP contribution >= 0.6 is 0 Å². The van der Waals surface area contributed by atoms with Crippen molar-refractivity contribution in [3.8, 4) is 5.69 Å². The van der Waals surface area contributed by atoms with E-state index >= 15 is 0 Å². The van der Waals surface area contributed by atoms with Crippen LogP contribution in [0.25, 0.3) is 49.4 Å². The van der Waals surface area contributed by atoms with Crippen LogP contribution in [0.4, 0.5) is 51.2 Å². The van der Waals surface area contributed by atoms with Gasteiger partial charge < -0.3 is 23.7 Å². The zero-order valence-corrected chi connectivity index (χ0v) is 52.9. The fourth-order valence-corrected chi connectivity index (χ4v) is 13.8. The predicted molar refractivity (Wildman–Crippen MR) is 363 cm³/mol. The lowest BCUT2D eigenvalue weighted by molar-refractivity contribution is 0.589. The number of aromatic nitrogens is 1. The number of para-hydroxylation sites is 2. The minimum atomic E-state index is -0.217. The summed E-state index contributed by atoms with van der Waals surface area (Å²) in [6.45, 7) is 42.1. The van der Waals surface area contributed by atoms with Crippen LogP contribution in [0.15, 0.2) is 168 Å². The van der Waals surface area contributed by atoms with Crippen LogP contribution in [-0.4, -0.2) is 11.3 Å². The maximum Gasteiger partial charge on any atom is 0.252 e. The Kier molecular flexibility index (Phi) is 11.4. The number of furan rings is 1. The van der Waals surface area contributed by atoms with E-state index in [2.05, 4.69) is 308 Å². The molecule has 0 aliphatic carbocycles. The summed E-state index contributed by atoms with van der Waals surface area (Å²) in [6, 6.07) is 63.8. The van der Waals surface area contributed by atoms with Crippen LogP contribution in [0.2, 0.25) is 0 Å². The predicted octanol–water partition coefficient (Wildman–Crippen LogP) is 20.3. The highest BCUT2D eigenvalue weighted by molar-refractivity contribution is 7.00. The number of benzene rings is 9. The zero-order valence-electron chi connectivity index (χ0n) is 52.9. The molecule has 14 rings (SSSR count). The largest absolute Gasteiger partial charge is 0.454 e. The fraction of sp³-hybridized carbons (Fsp3) is 0.308. The molecule has 0 radical (unpaired) electrons. The highest BCUT2D eigenvalue weighted by Crippen LogP contribution is 2.56. The van der Waals surface area contributed by atoms with Gasteiger partial charge in [-0.25, -0.2) is 0 Å². The minimum absolute atomic E-state index is 0.00608. The van der Waals surface area contributed by atoms with Gasteiger partial charge in [-0.05, 0) is 173 Å². The van der Waals surface area contributed by atoms with Crippen molar-refractivity contribution in [2.45, 2.75) is 157 Å². The molecule has 9 aromatic carbocycles. The molecule has 3 aliphatic heterocycles. The molecule has 0 fully saturated rings. The summed E-state index contributed by atoms with van der Waals surface area (Å²) in [5, 5.41) is 4.83.